The number of ether oxygens (including phenoxy) is 1. The van der Waals surface area contributed by atoms with Crippen LogP contribution in [0.3, 0.4) is 0 Å². The van der Waals surface area contributed by atoms with Gasteiger partial charge in [-0.1, -0.05) is 36.4 Å². The molecule has 0 saturated carbocycles. The number of methoxy groups -OCH3 is 1. The Morgan fingerprint density at radius 3 is 2.42 bits per heavy atom. The van der Waals surface area contributed by atoms with E-state index in [0.717, 1.165) is 24.7 Å². The summed E-state index contributed by atoms with van der Waals surface area (Å²) in [4.78, 5) is 4.34. The maximum absolute atomic E-state index is 5.06. The standard InChI is InChI=1S/C23H30N6O.HI/c1-24-23(26-16-19-8-10-22(11-9-19)25-13-15-30-2)27-17-20-6-3-4-7-21(20)18-29-14-5-12-28-29;/h3-12,14,25H,13,15-18H2,1-2H3,(H2,24,26,27);1H. The molecule has 0 aliphatic heterocycles. The Bertz CT molecular complexity index is 912. The van der Waals surface area contributed by atoms with E-state index in [-0.39, 0.29) is 24.0 Å². The van der Waals surface area contributed by atoms with Crippen LogP contribution >= 0.6 is 24.0 Å². The predicted molar refractivity (Wildman–Crippen MR) is 137 cm³/mol. The molecule has 0 unspecified atom stereocenters. The summed E-state index contributed by atoms with van der Waals surface area (Å²) in [5.41, 5.74) is 4.74. The van der Waals surface area contributed by atoms with E-state index in [9.17, 15) is 0 Å². The van der Waals surface area contributed by atoms with Gasteiger partial charge in [0.05, 0.1) is 13.2 Å². The molecule has 0 radical (unpaired) electrons. The average Bonchev–Trinajstić information content (AvgIpc) is 3.29. The lowest BCUT2D eigenvalue weighted by atomic mass is 10.1. The molecule has 7 nitrogen and oxygen atoms in total. The fraction of sp³-hybridized carbons (Fsp3) is 0.304. The molecule has 0 aliphatic rings. The number of halogens is 1. The Balaban J connectivity index is 0.00000341. The first-order chi connectivity index (χ1) is 14.8. The fourth-order valence-corrected chi connectivity index (χ4v) is 3.08. The van der Waals surface area contributed by atoms with E-state index in [2.05, 4.69) is 74.6 Å². The van der Waals surface area contributed by atoms with Crippen LogP contribution < -0.4 is 16.0 Å². The lowest BCUT2D eigenvalue weighted by Crippen LogP contribution is -2.36. The number of rotatable bonds is 10. The van der Waals surface area contributed by atoms with Crippen LogP contribution in [0.5, 0.6) is 0 Å². The molecule has 1 aromatic heterocycles. The average molecular weight is 534 g/mol. The topological polar surface area (TPSA) is 75.5 Å². The summed E-state index contributed by atoms with van der Waals surface area (Å²) < 4.78 is 6.99. The Morgan fingerprint density at radius 2 is 1.74 bits per heavy atom. The maximum atomic E-state index is 5.06. The second kappa shape index (κ2) is 13.7. The van der Waals surface area contributed by atoms with Crippen LogP contribution in [0, 0.1) is 0 Å². The van der Waals surface area contributed by atoms with Crippen LogP contribution in [0.1, 0.15) is 16.7 Å². The zero-order chi connectivity index (χ0) is 21.0. The van der Waals surface area contributed by atoms with E-state index >= 15 is 0 Å². The minimum absolute atomic E-state index is 0. The van der Waals surface area contributed by atoms with Crippen molar-refractivity contribution in [1.29, 1.82) is 0 Å². The molecule has 0 aliphatic carbocycles. The van der Waals surface area contributed by atoms with Crippen molar-refractivity contribution in [2.75, 3.05) is 32.6 Å². The van der Waals surface area contributed by atoms with E-state index < -0.39 is 0 Å². The van der Waals surface area contributed by atoms with E-state index in [4.69, 9.17) is 4.74 Å². The molecule has 8 heteroatoms. The van der Waals surface area contributed by atoms with Gasteiger partial charge < -0.3 is 20.7 Å². The van der Waals surface area contributed by atoms with Crippen LogP contribution in [0.15, 0.2) is 72.0 Å². The molecule has 3 aromatic rings. The number of nitrogens with one attached hydrogen (secondary N) is 3. The summed E-state index contributed by atoms with van der Waals surface area (Å²) in [6, 6.07) is 18.7. The van der Waals surface area contributed by atoms with Gasteiger partial charge in [-0.15, -0.1) is 24.0 Å². The number of aliphatic imine (C=N–C) groups is 1. The number of anilines is 1. The van der Waals surface area contributed by atoms with Gasteiger partial charge in [0.2, 0.25) is 0 Å². The Hall–Kier alpha value is -2.59. The highest BCUT2D eigenvalue weighted by atomic mass is 127. The number of guanidine groups is 1. The summed E-state index contributed by atoms with van der Waals surface area (Å²) in [6.45, 7) is 3.64. The number of hydrogen-bond donors (Lipinski definition) is 3. The third-order valence-electron chi connectivity index (χ3n) is 4.73. The fourth-order valence-electron chi connectivity index (χ4n) is 3.08. The number of hydrogen-bond acceptors (Lipinski definition) is 4. The third kappa shape index (κ3) is 8.22. The molecule has 0 saturated heterocycles. The summed E-state index contributed by atoms with van der Waals surface area (Å²) in [5.74, 6) is 0.770. The number of nitrogens with zero attached hydrogens (tertiary/aromatic N) is 3. The van der Waals surface area contributed by atoms with Crippen LogP contribution in [0.2, 0.25) is 0 Å². The van der Waals surface area contributed by atoms with E-state index in [1.54, 1.807) is 20.4 Å². The summed E-state index contributed by atoms with van der Waals surface area (Å²) in [6.07, 6.45) is 3.78. The lowest BCUT2D eigenvalue weighted by Gasteiger charge is -2.15. The van der Waals surface area contributed by atoms with Gasteiger partial charge in [0.25, 0.3) is 0 Å². The first-order valence-electron chi connectivity index (χ1n) is 10.1. The normalized spacial score (nSPS) is 11.0. The molecular formula is C23H31IN6O. The van der Waals surface area contributed by atoms with Gasteiger partial charge in [0.1, 0.15) is 0 Å². The molecule has 3 rings (SSSR count). The van der Waals surface area contributed by atoms with Crippen LogP contribution in [-0.4, -0.2) is 43.0 Å². The molecule has 31 heavy (non-hydrogen) atoms. The highest BCUT2D eigenvalue weighted by Crippen LogP contribution is 2.11. The van der Waals surface area contributed by atoms with Crippen molar-refractivity contribution in [3.8, 4) is 0 Å². The quantitative estimate of drug-likeness (QED) is 0.161. The first kappa shape index (κ1) is 24.7. The minimum Gasteiger partial charge on any atom is -0.383 e. The van der Waals surface area contributed by atoms with Crippen molar-refractivity contribution in [2.24, 2.45) is 4.99 Å². The third-order valence-corrected chi connectivity index (χ3v) is 4.73. The molecule has 2 aromatic carbocycles. The second-order valence-corrected chi connectivity index (χ2v) is 6.87. The molecule has 1 heterocycles. The first-order valence-corrected chi connectivity index (χ1v) is 10.1. The van der Waals surface area contributed by atoms with Gasteiger partial charge in [-0.25, -0.2) is 0 Å². The summed E-state index contributed by atoms with van der Waals surface area (Å²) in [5, 5.41) is 14.4. The smallest absolute Gasteiger partial charge is 0.191 e. The van der Waals surface area contributed by atoms with Gasteiger partial charge in [0.15, 0.2) is 5.96 Å². The summed E-state index contributed by atoms with van der Waals surface area (Å²) >= 11 is 0. The molecular weight excluding hydrogens is 503 g/mol. The van der Waals surface area contributed by atoms with Crippen molar-refractivity contribution < 1.29 is 4.74 Å². The highest BCUT2D eigenvalue weighted by Gasteiger charge is 2.05. The maximum Gasteiger partial charge on any atom is 0.191 e. The SMILES string of the molecule is CN=C(NCc1ccc(NCCOC)cc1)NCc1ccccc1Cn1cccn1.I. The Morgan fingerprint density at radius 1 is 1.00 bits per heavy atom. The molecule has 0 spiro atoms. The van der Waals surface area contributed by atoms with Crippen LogP contribution in [0.25, 0.3) is 0 Å². The highest BCUT2D eigenvalue weighted by molar-refractivity contribution is 14.0. The molecule has 166 valence electrons. The van der Waals surface area contributed by atoms with Crippen molar-refractivity contribution in [3.63, 3.8) is 0 Å². The summed E-state index contributed by atoms with van der Waals surface area (Å²) in [7, 11) is 3.49. The van der Waals surface area contributed by atoms with Crippen molar-refractivity contribution in [2.45, 2.75) is 19.6 Å². The minimum atomic E-state index is 0. The van der Waals surface area contributed by atoms with Gasteiger partial charge in [0, 0.05) is 51.9 Å². The van der Waals surface area contributed by atoms with Crippen molar-refractivity contribution in [1.82, 2.24) is 20.4 Å². The van der Waals surface area contributed by atoms with Crippen LogP contribution in [0.4, 0.5) is 5.69 Å². The number of aromatic nitrogens is 2. The molecule has 3 N–H and O–H groups in total. The van der Waals surface area contributed by atoms with Gasteiger partial charge in [-0.3, -0.25) is 9.67 Å². The van der Waals surface area contributed by atoms with Crippen molar-refractivity contribution >= 4 is 35.6 Å². The lowest BCUT2D eigenvalue weighted by molar-refractivity contribution is 0.211. The zero-order valence-electron chi connectivity index (χ0n) is 18.0. The van der Waals surface area contributed by atoms with E-state index in [1.165, 1.54) is 16.7 Å². The van der Waals surface area contributed by atoms with Gasteiger partial charge in [-0.05, 0) is 34.9 Å². The molecule has 0 atom stereocenters. The van der Waals surface area contributed by atoms with Crippen molar-refractivity contribution in [3.05, 3.63) is 83.7 Å². The van der Waals surface area contributed by atoms with E-state index in [1.807, 2.05) is 16.9 Å². The Labute approximate surface area is 201 Å². The molecule has 0 fully saturated rings. The molecule has 0 bridgehead atoms. The largest absolute Gasteiger partial charge is 0.383 e. The monoisotopic (exact) mass is 534 g/mol. The molecule has 0 amide bonds. The zero-order valence-corrected chi connectivity index (χ0v) is 20.4. The number of benzene rings is 2. The Kier molecular flexibility index (Phi) is 10.9. The predicted octanol–water partition coefficient (Wildman–Crippen LogP) is 3.47. The second-order valence-electron chi connectivity index (χ2n) is 6.87. The van der Waals surface area contributed by atoms with E-state index in [0.29, 0.717) is 19.7 Å². The van der Waals surface area contributed by atoms with Gasteiger partial charge in [-0.2, -0.15) is 5.10 Å². The van der Waals surface area contributed by atoms with Crippen LogP contribution in [-0.2, 0) is 24.4 Å². The van der Waals surface area contributed by atoms with Gasteiger partial charge >= 0.3 is 0 Å².